The molecule has 25 heavy (non-hydrogen) atoms. The fraction of sp³-hybridized carbons (Fsp3) is 0.381. The van der Waals surface area contributed by atoms with Crippen molar-refractivity contribution in [1.29, 1.82) is 0 Å². The molecule has 1 unspecified atom stereocenters. The molecular weight excluding hydrogens is 308 g/mol. The van der Waals surface area contributed by atoms with Gasteiger partial charge < -0.3 is 5.73 Å². The lowest BCUT2D eigenvalue weighted by Gasteiger charge is -2.25. The van der Waals surface area contributed by atoms with Crippen molar-refractivity contribution in [1.82, 2.24) is 4.98 Å². The molecule has 4 nitrogen and oxygen atoms in total. The molecule has 2 aliphatic rings. The maximum absolute atomic E-state index is 5.98. The van der Waals surface area contributed by atoms with Gasteiger partial charge in [0.2, 0.25) is 0 Å². The molecular formula is C21H24N4. The van der Waals surface area contributed by atoms with Crippen molar-refractivity contribution in [2.75, 3.05) is 6.54 Å². The Kier molecular flexibility index (Phi) is 4.00. The van der Waals surface area contributed by atoms with Gasteiger partial charge in [-0.1, -0.05) is 26.0 Å². The fourth-order valence-electron chi connectivity index (χ4n) is 3.50. The Labute approximate surface area is 148 Å². The van der Waals surface area contributed by atoms with Gasteiger partial charge in [-0.2, -0.15) is 0 Å². The molecule has 0 saturated heterocycles. The van der Waals surface area contributed by atoms with Crippen molar-refractivity contribution in [3.63, 3.8) is 0 Å². The van der Waals surface area contributed by atoms with E-state index in [1.807, 2.05) is 12.1 Å². The van der Waals surface area contributed by atoms with Crippen LogP contribution in [-0.2, 0) is 12.8 Å². The number of pyridine rings is 1. The summed E-state index contributed by atoms with van der Waals surface area (Å²) in [4.78, 5) is 14.1. The van der Waals surface area contributed by atoms with Gasteiger partial charge >= 0.3 is 0 Å². The van der Waals surface area contributed by atoms with E-state index in [4.69, 9.17) is 15.7 Å². The summed E-state index contributed by atoms with van der Waals surface area (Å²) in [5, 5.41) is 0. The van der Waals surface area contributed by atoms with E-state index in [2.05, 4.69) is 37.0 Å². The molecule has 0 spiro atoms. The van der Waals surface area contributed by atoms with Crippen molar-refractivity contribution in [3.8, 4) is 0 Å². The number of aryl methyl sites for hydroxylation is 2. The highest BCUT2D eigenvalue weighted by molar-refractivity contribution is 6.54. The van der Waals surface area contributed by atoms with Crippen LogP contribution in [-0.4, -0.2) is 29.1 Å². The SMILES string of the molecule is CC(C)(CN)C1N=C(c2ccncc2)C(c2ccc3c(c2)CCC3)=N1. The number of aromatic nitrogens is 1. The minimum absolute atomic E-state index is 0.149. The Morgan fingerprint density at radius 1 is 0.960 bits per heavy atom. The zero-order valence-corrected chi connectivity index (χ0v) is 14.9. The van der Waals surface area contributed by atoms with Crippen molar-refractivity contribution >= 4 is 11.4 Å². The molecule has 1 aromatic heterocycles. The molecule has 1 aliphatic carbocycles. The summed E-state index contributed by atoms with van der Waals surface area (Å²) in [6.07, 6.45) is 7.06. The third-order valence-corrected chi connectivity index (χ3v) is 5.28. The van der Waals surface area contributed by atoms with Crippen molar-refractivity contribution in [2.24, 2.45) is 21.1 Å². The lowest BCUT2D eigenvalue weighted by molar-refractivity contribution is 0.309. The second-order valence-corrected chi connectivity index (χ2v) is 7.59. The van der Waals surface area contributed by atoms with Crippen molar-refractivity contribution in [2.45, 2.75) is 39.3 Å². The number of rotatable bonds is 4. The number of benzene rings is 1. The average molecular weight is 332 g/mol. The molecule has 0 saturated carbocycles. The van der Waals surface area contributed by atoms with Gasteiger partial charge in [0.1, 0.15) is 6.17 Å². The fourth-order valence-corrected chi connectivity index (χ4v) is 3.50. The first-order valence-electron chi connectivity index (χ1n) is 8.97. The topological polar surface area (TPSA) is 63.6 Å². The monoisotopic (exact) mass is 332 g/mol. The van der Waals surface area contributed by atoms with E-state index in [1.54, 1.807) is 12.4 Å². The van der Waals surface area contributed by atoms with E-state index in [1.165, 1.54) is 24.0 Å². The Bertz CT molecular complexity index is 849. The largest absolute Gasteiger partial charge is 0.330 e. The normalized spacial score (nSPS) is 19.6. The van der Waals surface area contributed by atoms with E-state index in [-0.39, 0.29) is 11.6 Å². The molecule has 0 bridgehead atoms. The van der Waals surface area contributed by atoms with Crippen LogP contribution >= 0.6 is 0 Å². The van der Waals surface area contributed by atoms with Crippen LogP contribution in [0.3, 0.4) is 0 Å². The zero-order chi connectivity index (χ0) is 17.4. The summed E-state index contributed by atoms with van der Waals surface area (Å²) in [7, 11) is 0. The lowest BCUT2D eigenvalue weighted by atomic mass is 9.90. The van der Waals surface area contributed by atoms with Gasteiger partial charge in [-0.15, -0.1) is 0 Å². The quantitative estimate of drug-likeness (QED) is 0.934. The molecule has 2 aromatic rings. The molecule has 2 heterocycles. The summed E-state index contributed by atoms with van der Waals surface area (Å²) in [6, 6.07) is 10.7. The number of hydrogen-bond donors (Lipinski definition) is 1. The summed E-state index contributed by atoms with van der Waals surface area (Å²) >= 11 is 0. The van der Waals surface area contributed by atoms with Crippen LogP contribution in [0.2, 0.25) is 0 Å². The van der Waals surface area contributed by atoms with Gasteiger partial charge in [-0.25, -0.2) is 0 Å². The van der Waals surface area contributed by atoms with E-state index in [0.717, 1.165) is 29.0 Å². The van der Waals surface area contributed by atoms with Gasteiger partial charge in [0.05, 0.1) is 11.4 Å². The number of fused-ring (bicyclic) bond motifs is 1. The van der Waals surface area contributed by atoms with Crippen LogP contribution in [0.5, 0.6) is 0 Å². The number of aliphatic imine (C=N–C) groups is 2. The van der Waals surface area contributed by atoms with Crippen molar-refractivity contribution < 1.29 is 0 Å². The molecule has 2 N–H and O–H groups in total. The lowest BCUT2D eigenvalue weighted by Crippen LogP contribution is -2.33. The number of nitrogens with two attached hydrogens (primary N) is 1. The first-order valence-corrected chi connectivity index (χ1v) is 8.97. The molecule has 4 rings (SSSR count). The Morgan fingerprint density at radius 3 is 2.36 bits per heavy atom. The molecule has 1 aromatic carbocycles. The summed E-state index contributed by atoms with van der Waals surface area (Å²) in [5.74, 6) is 0. The third kappa shape index (κ3) is 2.91. The highest BCUT2D eigenvalue weighted by Crippen LogP contribution is 2.31. The Morgan fingerprint density at radius 2 is 1.64 bits per heavy atom. The van der Waals surface area contributed by atoms with Crippen molar-refractivity contribution in [3.05, 3.63) is 65.0 Å². The van der Waals surface area contributed by atoms with E-state index in [9.17, 15) is 0 Å². The van der Waals surface area contributed by atoms with Gasteiger partial charge in [0.25, 0.3) is 0 Å². The molecule has 4 heteroatoms. The second-order valence-electron chi connectivity index (χ2n) is 7.59. The molecule has 1 atom stereocenters. The predicted octanol–water partition coefficient (Wildman–Crippen LogP) is 3.17. The minimum Gasteiger partial charge on any atom is -0.330 e. The maximum atomic E-state index is 5.98. The van der Waals surface area contributed by atoms with E-state index >= 15 is 0 Å². The van der Waals surface area contributed by atoms with Gasteiger partial charge in [0.15, 0.2) is 0 Å². The van der Waals surface area contributed by atoms with E-state index < -0.39 is 0 Å². The standard InChI is InChI=1S/C21H24N4/c1-21(2,13-22)20-24-18(15-8-10-23-11-9-15)19(25-20)17-7-6-14-4-3-5-16(14)12-17/h6-12,20H,3-5,13,22H2,1-2H3. The highest BCUT2D eigenvalue weighted by atomic mass is 15.1. The summed E-state index contributed by atoms with van der Waals surface area (Å²) < 4.78 is 0. The first kappa shape index (κ1) is 16.2. The van der Waals surface area contributed by atoms with Crippen LogP contribution in [0.1, 0.15) is 42.5 Å². The molecule has 0 fully saturated rings. The second kappa shape index (κ2) is 6.19. The predicted molar refractivity (Wildman–Crippen MR) is 102 cm³/mol. The molecule has 0 radical (unpaired) electrons. The van der Waals surface area contributed by atoms with Crippen LogP contribution in [0.25, 0.3) is 0 Å². The maximum Gasteiger partial charge on any atom is 0.147 e. The Balaban J connectivity index is 1.80. The summed E-state index contributed by atoms with van der Waals surface area (Å²) in [5.41, 5.74) is 12.9. The molecule has 0 amide bonds. The van der Waals surface area contributed by atoms with Crippen LogP contribution in [0.15, 0.2) is 52.7 Å². The minimum atomic E-state index is -0.170. The highest BCUT2D eigenvalue weighted by Gasteiger charge is 2.34. The van der Waals surface area contributed by atoms with Gasteiger partial charge in [-0.3, -0.25) is 15.0 Å². The molecule has 128 valence electrons. The van der Waals surface area contributed by atoms with Gasteiger partial charge in [-0.05, 0) is 48.6 Å². The number of hydrogen-bond acceptors (Lipinski definition) is 4. The third-order valence-electron chi connectivity index (χ3n) is 5.28. The van der Waals surface area contributed by atoms with Crippen LogP contribution < -0.4 is 5.73 Å². The average Bonchev–Trinajstić information content (AvgIpc) is 3.29. The zero-order valence-electron chi connectivity index (χ0n) is 14.9. The van der Waals surface area contributed by atoms with E-state index in [0.29, 0.717) is 6.54 Å². The Hall–Kier alpha value is -2.33. The van der Waals surface area contributed by atoms with Crippen LogP contribution in [0.4, 0.5) is 0 Å². The first-order chi connectivity index (χ1) is 12.1. The van der Waals surface area contributed by atoms with Crippen LogP contribution in [0, 0.1) is 5.41 Å². The smallest absolute Gasteiger partial charge is 0.147 e. The van der Waals surface area contributed by atoms with Gasteiger partial charge in [0, 0.05) is 35.5 Å². The number of nitrogens with zero attached hydrogens (tertiary/aromatic N) is 3. The molecule has 1 aliphatic heterocycles. The summed E-state index contributed by atoms with van der Waals surface area (Å²) in [6.45, 7) is 4.80.